The van der Waals surface area contributed by atoms with Crippen molar-refractivity contribution in [3.63, 3.8) is 0 Å². The highest BCUT2D eigenvalue weighted by Gasteiger charge is 2.11. The largest absolute Gasteiger partial charge is 0.493 e. The zero-order valence-corrected chi connectivity index (χ0v) is 17.3. The Labute approximate surface area is 169 Å². The van der Waals surface area contributed by atoms with Crippen LogP contribution in [0.5, 0.6) is 17.2 Å². The van der Waals surface area contributed by atoms with Gasteiger partial charge in [0.1, 0.15) is 12.4 Å². The second-order valence-electron chi connectivity index (χ2n) is 5.05. The van der Waals surface area contributed by atoms with Gasteiger partial charge in [-0.25, -0.2) is 0 Å². The number of hydrogen-bond acceptors (Lipinski definition) is 4. The Bertz CT molecular complexity index is 901. The average molecular weight is 477 g/mol. The summed E-state index contributed by atoms with van der Waals surface area (Å²) in [6, 6.07) is 11.3. The van der Waals surface area contributed by atoms with E-state index in [0.717, 1.165) is 20.1 Å². The van der Waals surface area contributed by atoms with E-state index in [1.165, 1.54) is 0 Å². The molecular formula is C20H15Br2NO3. The maximum Gasteiger partial charge on any atom is 0.161 e. The van der Waals surface area contributed by atoms with Crippen molar-refractivity contribution < 1.29 is 14.2 Å². The smallest absolute Gasteiger partial charge is 0.161 e. The predicted octanol–water partition coefficient (Wildman–Crippen LogP) is 5.30. The Hall–Kier alpha value is -2.41. The maximum atomic E-state index is 9.58. The molecule has 4 nitrogen and oxygen atoms in total. The average Bonchev–Trinajstić information content (AvgIpc) is 2.65. The van der Waals surface area contributed by atoms with Crippen LogP contribution in [0.25, 0.3) is 11.6 Å². The van der Waals surface area contributed by atoms with Crippen molar-refractivity contribution in [2.45, 2.75) is 0 Å². The third kappa shape index (κ3) is 4.60. The molecule has 2 aromatic carbocycles. The molecule has 0 aliphatic rings. The topological polar surface area (TPSA) is 51.5 Å². The van der Waals surface area contributed by atoms with Crippen LogP contribution < -0.4 is 14.2 Å². The Morgan fingerprint density at radius 2 is 1.77 bits per heavy atom. The first kappa shape index (κ1) is 19.9. The highest BCUT2D eigenvalue weighted by Crippen LogP contribution is 2.36. The van der Waals surface area contributed by atoms with Crippen molar-refractivity contribution in [3.8, 4) is 35.7 Å². The Morgan fingerprint density at radius 1 is 1.12 bits per heavy atom. The molecule has 0 radical (unpaired) electrons. The first-order chi connectivity index (χ1) is 12.5. The highest BCUT2D eigenvalue weighted by molar-refractivity contribution is 9.11. The summed E-state index contributed by atoms with van der Waals surface area (Å²) in [5.74, 6) is 4.21. The van der Waals surface area contributed by atoms with Gasteiger partial charge in [-0.3, -0.25) is 0 Å². The zero-order valence-electron chi connectivity index (χ0n) is 14.2. The molecule has 0 N–H and O–H groups in total. The van der Waals surface area contributed by atoms with Crippen molar-refractivity contribution in [2.75, 3.05) is 20.8 Å². The fourth-order valence-electron chi connectivity index (χ4n) is 2.27. The van der Waals surface area contributed by atoms with Crippen LogP contribution in [-0.2, 0) is 0 Å². The predicted molar refractivity (Wildman–Crippen MR) is 109 cm³/mol. The summed E-state index contributed by atoms with van der Waals surface area (Å²) in [5, 5.41) is 9.58. The van der Waals surface area contributed by atoms with E-state index in [9.17, 15) is 5.26 Å². The van der Waals surface area contributed by atoms with E-state index in [0.29, 0.717) is 22.8 Å². The minimum atomic E-state index is 0.168. The summed E-state index contributed by atoms with van der Waals surface area (Å²) in [5.41, 5.74) is 2.04. The van der Waals surface area contributed by atoms with Gasteiger partial charge in [0.15, 0.2) is 11.5 Å². The van der Waals surface area contributed by atoms with Crippen LogP contribution >= 0.6 is 31.9 Å². The lowest BCUT2D eigenvalue weighted by atomic mass is 10.0. The van der Waals surface area contributed by atoms with Gasteiger partial charge in [-0.2, -0.15) is 5.26 Å². The summed E-state index contributed by atoms with van der Waals surface area (Å²) in [7, 11) is 3.12. The Kier molecular flexibility index (Phi) is 7.15. The number of hydrogen-bond donors (Lipinski definition) is 0. The molecule has 0 amide bonds. The number of ether oxygens (including phenoxy) is 3. The molecule has 0 aromatic heterocycles. The molecule has 0 aliphatic carbocycles. The molecule has 0 atom stereocenters. The first-order valence-electron chi connectivity index (χ1n) is 7.43. The van der Waals surface area contributed by atoms with Gasteiger partial charge >= 0.3 is 0 Å². The van der Waals surface area contributed by atoms with E-state index in [1.54, 1.807) is 32.4 Å². The normalized spacial score (nSPS) is 10.6. The molecule has 0 saturated heterocycles. The molecule has 0 saturated carbocycles. The van der Waals surface area contributed by atoms with Crippen LogP contribution in [0, 0.1) is 23.7 Å². The molecule has 0 bridgehead atoms. The second-order valence-corrected chi connectivity index (χ2v) is 6.75. The number of rotatable bonds is 6. The number of halogens is 2. The molecule has 2 aromatic rings. The fraction of sp³-hybridized carbons (Fsp3) is 0.150. The summed E-state index contributed by atoms with van der Waals surface area (Å²) < 4.78 is 17.5. The summed E-state index contributed by atoms with van der Waals surface area (Å²) in [4.78, 5) is 0. The van der Waals surface area contributed by atoms with Gasteiger partial charge in [0, 0.05) is 0 Å². The van der Waals surface area contributed by atoms with Gasteiger partial charge in [-0.15, -0.1) is 6.42 Å². The molecule has 2 rings (SSSR count). The van der Waals surface area contributed by atoms with Crippen LogP contribution in [0.2, 0.25) is 0 Å². The molecule has 6 heteroatoms. The number of allylic oxidation sites excluding steroid dienone is 1. The molecular weight excluding hydrogens is 462 g/mol. The lowest BCUT2D eigenvalue weighted by Gasteiger charge is -2.10. The van der Waals surface area contributed by atoms with Gasteiger partial charge in [-0.1, -0.05) is 5.92 Å². The van der Waals surface area contributed by atoms with E-state index >= 15 is 0 Å². The van der Waals surface area contributed by atoms with E-state index in [1.807, 2.05) is 18.2 Å². The minimum Gasteiger partial charge on any atom is -0.493 e. The standard InChI is InChI=1S/C20H15Br2NO3/c1-4-7-26-20-16(21)9-13(10-17(20)22)8-15(12-23)14-5-6-18(24-2)19(11-14)25-3/h1,5-6,8-11H,7H2,2-3H3/b15-8+. The maximum absolute atomic E-state index is 9.58. The van der Waals surface area contributed by atoms with E-state index in [4.69, 9.17) is 20.6 Å². The lowest BCUT2D eigenvalue weighted by molar-refractivity contribution is 0.355. The molecule has 0 unspecified atom stereocenters. The van der Waals surface area contributed by atoms with Crippen LogP contribution in [0.3, 0.4) is 0 Å². The number of methoxy groups -OCH3 is 2. The Morgan fingerprint density at radius 3 is 2.31 bits per heavy atom. The van der Waals surface area contributed by atoms with Crippen LogP contribution in [0.15, 0.2) is 39.3 Å². The van der Waals surface area contributed by atoms with Crippen molar-refractivity contribution >= 4 is 43.5 Å². The molecule has 0 aliphatic heterocycles. The van der Waals surface area contributed by atoms with Crippen LogP contribution in [0.4, 0.5) is 0 Å². The first-order valence-corrected chi connectivity index (χ1v) is 9.02. The van der Waals surface area contributed by atoms with E-state index in [2.05, 4.69) is 43.8 Å². The molecule has 132 valence electrons. The van der Waals surface area contributed by atoms with Gasteiger partial charge < -0.3 is 14.2 Å². The van der Waals surface area contributed by atoms with Gasteiger partial charge in [0.05, 0.1) is 34.8 Å². The Balaban J connectivity index is 2.44. The molecule has 0 fully saturated rings. The number of nitriles is 1. The number of terminal acetylenes is 1. The molecule has 0 spiro atoms. The second kappa shape index (κ2) is 9.33. The van der Waals surface area contributed by atoms with Crippen molar-refractivity contribution in [1.82, 2.24) is 0 Å². The monoisotopic (exact) mass is 475 g/mol. The van der Waals surface area contributed by atoms with Gasteiger partial charge in [0.2, 0.25) is 0 Å². The molecule has 26 heavy (non-hydrogen) atoms. The van der Waals surface area contributed by atoms with Crippen LogP contribution in [-0.4, -0.2) is 20.8 Å². The number of nitrogens with zero attached hydrogens (tertiary/aromatic N) is 1. The lowest BCUT2D eigenvalue weighted by Crippen LogP contribution is -1.96. The highest BCUT2D eigenvalue weighted by atomic mass is 79.9. The number of benzene rings is 2. The minimum absolute atomic E-state index is 0.168. The summed E-state index contributed by atoms with van der Waals surface area (Å²) in [6.45, 7) is 0.168. The van der Waals surface area contributed by atoms with Gasteiger partial charge in [-0.05, 0) is 79.4 Å². The summed E-state index contributed by atoms with van der Waals surface area (Å²) in [6.07, 6.45) is 7.01. The fourth-order valence-corrected chi connectivity index (χ4v) is 3.72. The third-order valence-corrected chi connectivity index (χ3v) is 4.62. The zero-order chi connectivity index (χ0) is 19.1. The van der Waals surface area contributed by atoms with E-state index in [-0.39, 0.29) is 6.61 Å². The van der Waals surface area contributed by atoms with Crippen molar-refractivity contribution in [2.24, 2.45) is 0 Å². The van der Waals surface area contributed by atoms with Crippen molar-refractivity contribution in [3.05, 3.63) is 50.4 Å². The van der Waals surface area contributed by atoms with E-state index < -0.39 is 0 Å². The SMILES string of the molecule is C#CCOc1c(Br)cc(/C=C(\C#N)c2ccc(OC)c(OC)c2)cc1Br. The van der Waals surface area contributed by atoms with Gasteiger partial charge in [0.25, 0.3) is 0 Å². The molecule has 0 heterocycles. The van der Waals surface area contributed by atoms with Crippen LogP contribution in [0.1, 0.15) is 11.1 Å². The summed E-state index contributed by atoms with van der Waals surface area (Å²) >= 11 is 6.93. The third-order valence-electron chi connectivity index (χ3n) is 3.45. The quantitative estimate of drug-likeness (QED) is 0.322. The van der Waals surface area contributed by atoms with Crippen molar-refractivity contribution in [1.29, 1.82) is 5.26 Å².